The Bertz CT molecular complexity index is 926. The number of rotatable bonds is 6. The molecule has 2 aromatic heterocycles. The normalized spacial score (nSPS) is 10.9. The average molecular weight is 362 g/mol. The molecule has 0 aliphatic carbocycles. The van der Waals surface area contributed by atoms with E-state index in [0.717, 1.165) is 22.6 Å². The van der Waals surface area contributed by atoms with Crippen LogP contribution in [0.4, 0.5) is 5.95 Å². The van der Waals surface area contributed by atoms with Crippen LogP contribution in [0.15, 0.2) is 55.1 Å². The summed E-state index contributed by atoms with van der Waals surface area (Å²) >= 11 is 0. The standard InChI is InChI=1S/C20H22N6O/c1-15-21-10-11-26(15)18-7-4-16(5-8-18)12-22-19(27)9-6-17-13-23-20(24-14-17)25(2)3/h4-11,13-14H,12H2,1-3H3,(H,22,27)/b9-6+. The van der Waals surface area contributed by atoms with Crippen LogP contribution in [-0.4, -0.2) is 39.5 Å². The van der Waals surface area contributed by atoms with Crippen molar-refractivity contribution in [3.63, 3.8) is 0 Å². The molecule has 3 rings (SSSR count). The van der Waals surface area contributed by atoms with Gasteiger partial charge in [0.25, 0.3) is 0 Å². The van der Waals surface area contributed by atoms with E-state index in [2.05, 4.69) is 20.3 Å². The highest BCUT2D eigenvalue weighted by Crippen LogP contribution is 2.11. The first-order valence-electron chi connectivity index (χ1n) is 8.57. The second-order valence-electron chi connectivity index (χ2n) is 6.27. The van der Waals surface area contributed by atoms with Gasteiger partial charge in [0, 0.05) is 62.8 Å². The molecule has 1 aromatic carbocycles. The zero-order chi connectivity index (χ0) is 19.2. The van der Waals surface area contributed by atoms with Crippen molar-refractivity contribution in [2.45, 2.75) is 13.5 Å². The van der Waals surface area contributed by atoms with E-state index < -0.39 is 0 Å². The maximum Gasteiger partial charge on any atom is 0.244 e. The zero-order valence-corrected chi connectivity index (χ0v) is 15.6. The average Bonchev–Trinajstić information content (AvgIpc) is 3.11. The van der Waals surface area contributed by atoms with Gasteiger partial charge in [-0.25, -0.2) is 15.0 Å². The van der Waals surface area contributed by atoms with Gasteiger partial charge in [0.15, 0.2) is 0 Å². The van der Waals surface area contributed by atoms with E-state index in [9.17, 15) is 4.79 Å². The summed E-state index contributed by atoms with van der Waals surface area (Å²) in [5, 5.41) is 2.87. The number of nitrogens with one attached hydrogen (secondary N) is 1. The molecule has 2 heterocycles. The molecule has 0 atom stereocenters. The smallest absolute Gasteiger partial charge is 0.244 e. The number of aromatic nitrogens is 4. The van der Waals surface area contributed by atoms with Crippen molar-refractivity contribution in [3.8, 4) is 5.69 Å². The fourth-order valence-corrected chi connectivity index (χ4v) is 2.49. The largest absolute Gasteiger partial charge is 0.348 e. The van der Waals surface area contributed by atoms with Gasteiger partial charge in [-0.05, 0) is 30.7 Å². The van der Waals surface area contributed by atoms with Gasteiger partial charge in [-0.1, -0.05) is 12.1 Å². The van der Waals surface area contributed by atoms with Crippen molar-refractivity contribution < 1.29 is 4.79 Å². The lowest BCUT2D eigenvalue weighted by Gasteiger charge is -2.08. The van der Waals surface area contributed by atoms with Crippen LogP contribution in [-0.2, 0) is 11.3 Å². The van der Waals surface area contributed by atoms with Gasteiger partial charge < -0.3 is 14.8 Å². The third-order valence-corrected chi connectivity index (χ3v) is 3.99. The van der Waals surface area contributed by atoms with Crippen LogP contribution in [0.1, 0.15) is 17.0 Å². The predicted molar refractivity (Wildman–Crippen MR) is 106 cm³/mol. The van der Waals surface area contributed by atoms with Gasteiger partial charge in [-0.2, -0.15) is 0 Å². The van der Waals surface area contributed by atoms with Gasteiger partial charge in [0.05, 0.1) is 0 Å². The highest BCUT2D eigenvalue weighted by molar-refractivity contribution is 5.91. The maximum atomic E-state index is 12.0. The summed E-state index contributed by atoms with van der Waals surface area (Å²) in [7, 11) is 3.75. The molecule has 138 valence electrons. The minimum atomic E-state index is -0.166. The van der Waals surface area contributed by atoms with Crippen molar-refractivity contribution in [3.05, 3.63) is 72.1 Å². The van der Waals surface area contributed by atoms with E-state index in [4.69, 9.17) is 0 Å². The number of anilines is 1. The molecule has 1 amide bonds. The SMILES string of the molecule is Cc1nccn1-c1ccc(CNC(=O)/C=C/c2cnc(N(C)C)nc2)cc1. The molecule has 0 saturated carbocycles. The van der Waals surface area contributed by atoms with E-state index in [-0.39, 0.29) is 5.91 Å². The molecule has 7 heteroatoms. The number of carbonyl (C=O) groups excluding carboxylic acids is 1. The molecular formula is C20H22N6O. The Balaban J connectivity index is 1.53. The van der Waals surface area contributed by atoms with Gasteiger partial charge >= 0.3 is 0 Å². The van der Waals surface area contributed by atoms with E-state index in [0.29, 0.717) is 12.5 Å². The number of imidazole rings is 1. The minimum absolute atomic E-state index is 0.166. The molecule has 0 bridgehead atoms. The van der Waals surface area contributed by atoms with Crippen LogP contribution in [0.3, 0.4) is 0 Å². The lowest BCUT2D eigenvalue weighted by molar-refractivity contribution is -0.116. The Morgan fingerprint density at radius 2 is 1.85 bits per heavy atom. The number of aryl methyl sites for hydroxylation is 1. The lowest BCUT2D eigenvalue weighted by atomic mass is 10.2. The zero-order valence-electron chi connectivity index (χ0n) is 15.6. The molecule has 0 spiro atoms. The second-order valence-corrected chi connectivity index (χ2v) is 6.27. The molecule has 27 heavy (non-hydrogen) atoms. The summed E-state index contributed by atoms with van der Waals surface area (Å²) in [6, 6.07) is 8.00. The molecule has 0 radical (unpaired) electrons. The van der Waals surface area contributed by atoms with Crippen LogP contribution < -0.4 is 10.2 Å². The molecule has 0 unspecified atom stereocenters. The minimum Gasteiger partial charge on any atom is -0.348 e. The van der Waals surface area contributed by atoms with E-state index in [1.54, 1.807) is 24.7 Å². The summed E-state index contributed by atoms with van der Waals surface area (Å²) in [6.07, 6.45) is 10.2. The number of hydrogen-bond acceptors (Lipinski definition) is 5. The number of carbonyl (C=O) groups is 1. The van der Waals surface area contributed by atoms with E-state index >= 15 is 0 Å². The van der Waals surface area contributed by atoms with Crippen molar-refractivity contribution in [1.82, 2.24) is 24.8 Å². The van der Waals surface area contributed by atoms with Crippen molar-refractivity contribution in [2.75, 3.05) is 19.0 Å². The van der Waals surface area contributed by atoms with Gasteiger partial charge in [-0.15, -0.1) is 0 Å². The molecular weight excluding hydrogens is 340 g/mol. The summed E-state index contributed by atoms with van der Waals surface area (Å²) in [5.74, 6) is 1.40. The van der Waals surface area contributed by atoms with Crippen molar-refractivity contribution in [2.24, 2.45) is 0 Å². The topological polar surface area (TPSA) is 75.9 Å². The maximum absolute atomic E-state index is 12.0. The monoisotopic (exact) mass is 362 g/mol. The Kier molecular flexibility index (Phi) is 5.61. The Morgan fingerprint density at radius 1 is 1.15 bits per heavy atom. The van der Waals surface area contributed by atoms with Crippen LogP contribution in [0, 0.1) is 6.92 Å². The molecule has 0 saturated heterocycles. The van der Waals surface area contributed by atoms with Crippen LogP contribution in [0.2, 0.25) is 0 Å². The Hall–Kier alpha value is -3.48. The van der Waals surface area contributed by atoms with Gasteiger partial charge in [-0.3, -0.25) is 4.79 Å². The van der Waals surface area contributed by atoms with Gasteiger partial charge in [0.1, 0.15) is 5.82 Å². The third kappa shape index (κ3) is 4.78. The number of amides is 1. The first-order valence-corrected chi connectivity index (χ1v) is 8.57. The number of nitrogens with zero attached hydrogens (tertiary/aromatic N) is 5. The van der Waals surface area contributed by atoms with Crippen molar-refractivity contribution in [1.29, 1.82) is 0 Å². The highest BCUT2D eigenvalue weighted by atomic mass is 16.1. The summed E-state index contributed by atoms with van der Waals surface area (Å²) in [4.78, 5) is 26.5. The number of hydrogen-bond donors (Lipinski definition) is 1. The summed E-state index contributed by atoms with van der Waals surface area (Å²) in [6.45, 7) is 2.42. The van der Waals surface area contributed by atoms with Gasteiger partial charge in [0.2, 0.25) is 11.9 Å². The summed E-state index contributed by atoms with van der Waals surface area (Å²) in [5.41, 5.74) is 2.84. The van der Waals surface area contributed by atoms with Crippen LogP contribution >= 0.6 is 0 Å². The number of benzene rings is 1. The molecule has 0 aliphatic heterocycles. The summed E-state index contributed by atoms with van der Waals surface area (Å²) < 4.78 is 2.01. The van der Waals surface area contributed by atoms with Crippen LogP contribution in [0.5, 0.6) is 0 Å². The first kappa shape index (κ1) is 18.3. The van der Waals surface area contributed by atoms with E-state index in [1.807, 2.05) is 60.9 Å². The fraction of sp³-hybridized carbons (Fsp3) is 0.200. The Morgan fingerprint density at radius 3 is 2.44 bits per heavy atom. The Labute approximate surface area is 158 Å². The molecule has 0 fully saturated rings. The molecule has 3 aromatic rings. The molecule has 1 N–H and O–H groups in total. The lowest BCUT2D eigenvalue weighted by Crippen LogP contribution is -2.20. The molecule has 7 nitrogen and oxygen atoms in total. The fourth-order valence-electron chi connectivity index (χ4n) is 2.49. The quantitative estimate of drug-likeness (QED) is 0.681. The molecule has 0 aliphatic rings. The first-order chi connectivity index (χ1) is 13.0. The third-order valence-electron chi connectivity index (χ3n) is 3.99. The predicted octanol–water partition coefficient (Wildman–Crippen LogP) is 2.37. The van der Waals surface area contributed by atoms with E-state index in [1.165, 1.54) is 6.08 Å². The second kappa shape index (κ2) is 8.27. The van der Waals surface area contributed by atoms with Crippen LogP contribution in [0.25, 0.3) is 11.8 Å². The highest BCUT2D eigenvalue weighted by Gasteiger charge is 2.02. The van der Waals surface area contributed by atoms with Crippen molar-refractivity contribution >= 4 is 17.9 Å².